The second kappa shape index (κ2) is 7.68. The molecule has 5 heteroatoms. The first-order valence-corrected chi connectivity index (χ1v) is 8.03. The van der Waals surface area contributed by atoms with Crippen molar-refractivity contribution >= 4 is 11.6 Å². The lowest BCUT2D eigenvalue weighted by atomic mass is 10.0. The van der Waals surface area contributed by atoms with Crippen LogP contribution in [0.4, 0.5) is 0 Å². The molecule has 0 bridgehead atoms. The molecule has 2 aromatic rings. The van der Waals surface area contributed by atoms with Crippen molar-refractivity contribution in [2.75, 3.05) is 26.8 Å². The number of nitrogens with one attached hydrogen (secondary N) is 1. The first-order valence-electron chi connectivity index (χ1n) is 7.65. The fraction of sp³-hybridized carbons (Fsp3) is 0.333. The highest BCUT2D eigenvalue weighted by atomic mass is 35.5. The van der Waals surface area contributed by atoms with E-state index in [1.165, 1.54) is 0 Å². The van der Waals surface area contributed by atoms with Crippen LogP contribution in [0.3, 0.4) is 0 Å². The molecule has 1 heterocycles. The molecule has 1 fully saturated rings. The largest absolute Gasteiger partial charge is 0.493 e. The molecule has 0 aliphatic carbocycles. The molecule has 1 saturated heterocycles. The van der Waals surface area contributed by atoms with E-state index in [-0.39, 0.29) is 12.2 Å². The van der Waals surface area contributed by atoms with Crippen molar-refractivity contribution in [2.45, 2.75) is 12.2 Å². The van der Waals surface area contributed by atoms with E-state index in [0.717, 1.165) is 18.7 Å². The summed E-state index contributed by atoms with van der Waals surface area (Å²) in [6.07, 6.45) is -0.286. The van der Waals surface area contributed by atoms with Gasteiger partial charge in [0, 0.05) is 24.2 Å². The SMILES string of the molecule is COc1cc(Cl)ccc1OC(c1ccccc1)[C@@H]1CNCCO1. The van der Waals surface area contributed by atoms with Crippen molar-refractivity contribution in [3.63, 3.8) is 0 Å². The fourth-order valence-corrected chi connectivity index (χ4v) is 2.82. The Kier molecular flexibility index (Phi) is 5.39. The van der Waals surface area contributed by atoms with E-state index < -0.39 is 0 Å². The molecule has 0 aromatic heterocycles. The van der Waals surface area contributed by atoms with Crippen LogP contribution in [0, 0.1) is 0 Å². The Morgan fingerprint density at radius 3 is 2.70 bits per heavy atom. The molecule has 1 N–H and O–H groups in total. The van der Waals surface area contributed by atoms with Gasteiger partial charge in [-0.05, 0) is 17.7 Å². The molecule has 23 heavy (non-hydrogen) atoms. The zero-order valence-electron chi connectivity index (χ0n) is 13.0. The van der Waals surface area contributed by atoms with Crippen LogP contribution in [0.2, 0.25) is 5.02 Å². The highest BCUT2D eigenvalue weighted by Gasteiger charge is 2.28. The number of ether oxygens (including phenoxy) is 3. The third-order valence-corrected chi connectivity index (χ3v) is 4.04. The summed E-state index contributed by atoms with van der Waals surface area (Å²) >= 11 is 6.03. The van der Waals surface area contributed by atoms with E-state index in [0.29, 0.717) is 23.1 Å². The van der Waals surface area contributed by atoms with Gasteiger partial charge < -0.3 is 19.5 Å². The first-order chi connectivity index (χ1) is 11.3. The molecule has 1 unspecified atom stereocenters. The molecule has 0 saturated carbocycles. The van der Waals surface area contributed by atoms with E-state index >= 15 is 0 Å². The molecule has 2 aromatic carbocycles. The van der Waals surface area contributed by atoms with Gasteiger partial charge in [0.15, 0.2) is 17.6 Å². The number of benzene rings is 2. The lowest BCUT2D eigenvalue weighted by Crippen LogP contribution is -2.43. The van der Waals surface area contributed by atoms with Gasteiger partial charge in [0.05, 0.1) is 13.7 Å². The predicted octanol–water partition coefficient (Wildman–Crippen LogP) is 3.46. The summed E-state index contributed by atoms with van der Waals surface area (Å²) in [7, 11) is 1.61. The molecule has 1 aliphatic rings. The number of hydrogen-bond acceptors (Lipinski definition) is 4. The number of methoxy groups -OCH3 is 1. The Morgan fingerprint density at radius 2 is 2.00 bits per heavy atom. The van der Waals surface area contributed by atoms with E-state index in [2.05, 4.69) is 5.32 Å². The molecular formula is C18H20ClNO3. The van der Waals surface area contributed by atoms with Crippen LogP contribution in [0.5, 0.6) is 11.5 Å². The summed E-state index contributed by atoms with van der Waals surface area (Å²) in [4.78, 5) is 0. The van der Waals surface area contributed by atoms with Crippen LogP contribution < -0.4 is 14.8 Å². The lowest BCUT2D eigenvalue weighted by molar-refractivity contribution is -0.0438. The summed E-state index contributed by atoms with van der Waals surface area (Å²) in [5.41, 5.74) is 1.07. The maximum atomic E-state index is 6.27. The standard InChI is InChI=1S/C18H20ClNO3/c1-21-16-11-14(19)7-8-15(16)23-18(13-5-3-2-4-6-13)17-12-20-9-10-22-17/h2-8,11,17-18,20H,9-10,12H2,1H3/t17-,18?/m0/s1. The third-order valence-electron chi connectivity index (χ3n) is 3.80. The summed E-state index contributed by atoms with van der Waals surface area (Å²) in [6.45, 7) is 2.28. The Labute approximate surface area is 141 Å². The van der Waals surface area contributed by atoms with Gasteiger partial charge in [0.1, 0.15) is 6.10 Å². The van der Waals surface area contributed by atoms with Gasteiger partial charge in [-0.15, -0.1) is 0 Å². The van der Waals surface area contributed by atoms with Crippen molar-refractivity contribution in [1.82, 2.24) is 5.32 Å². The summed E-state index contributed by atoms with van der Waals surface area (Å²) in [5.74, 6) is 1.27. The molecule has 1 aliphatic heterocycles. The molecule has 0 amide bonds. The Bertz CT molecular complexity index is 629. The summed E-state index contributed by atoms with van der Waals surface area (Å²) in [6, 6.07) is 15.5. The van der Waals surface area contributed by atoms with Crippen LogP contribution in [-0.2, 0) is 4.74 Å². The maximum absolute atomic E-state index is 6.27. The minimum absolute atomic E-state index is 0.0634. The van der Waals surface area contributed by atoms with Crippen LogP contribution >= 0.6 is 11.6 Å². The molecular weight excluding hydrogens is 314 g/mol. The van der Waals surface area contributed by atoms with E-state index in [9.17, 15) is 0 Å². The minimum Gasteiger partial charge on any atom is -0.493 e. The monoisotopic (exact) mass is 333 g/mol. The van der Waals surface area contributed by atoms with Crippen molar-refractivity contribution in [3.8, 4) is 11.5 Å². The van der Waals surface area contributed by atoms with Gasteiger partial charge in [-0.2, -0.15) is 0 Å². The fourth-order valence-electron chi connectivity index (χ4n) is 2.66. The normalized spacial score (nSPS) is 19.1. The van der Waals surface area contributed by atoms with Gasteiger partial charge >= 0.3 is 0 Å². The predicted molar refractivity (Wildman–Crippen MR) is 90.4 cm³/mol. The Balaban J connectivity index is 1.89. The highest BCUT2D eigenvalue weighted by molar-refractivity contribution is 6.30. The number of hydrogen-bond donors (Lipinski definition) is 1. The maximum Gasteiger partial charge on any atom is 0.162 e. The zero-order valence-corrected chi connectivity index (χ0v) is 13.8. The van der Waals surface area contributed by atoms with Crippen molar-refractivity contribution in [1.29, 1.82) is 0 Å². The zero-order chi connectivity index (χ0) is 16.1. The summed E-state index contributed by atoms with van der Waals surface area (Å²) < 4.78 is 17.6. The van der Waals surface area contributed by atoms with E-state index in [1.54, 1.807) is 19.2 Å². The van der Waals surface area contributed by atoms with Crippen LogP contribution in [0.15, 0.2) is 48.5 Å². The average Bonchev–Trinajstić information content (AvgIpc) is 2.62. The second-order valence-corrected chi connectivity index (χ2v) is 5.79. The van der Waals surface area contributed by atoms with Crippen LogP contribution in [0.25, 0.3) is 0 Å². The van der Waals surface area contributed by atoms with Crippen molar-refractivity contribution in [2.24, 2.45) is 0 Å². The van der Waals surface area contributed by atoms with Gasteiger partial charge in [-0.25, -0.2) is 0 Å². The Hall–Kier alpha value is -1.75. The second-order valence-electron chi connectivity index (χ2n) is 5.36. The molecule has 3 rings (SSSR count). The van der Waals surface area contributed by atoms with Crippen LogP contribution in [0.1, 0.15) is 11.7 Å². The van der Waals surface area contributed by atoms with Gasteiger partial charge in [0.2, 0.25) is 0 Å². The molecule has 0 spiro atoms. The van der Waals surface area contributed by atoms with Gasteiger partial charge in [-0.3, -0.25) is 0 Å². The molecule has 0 radical (unpaired) electrons. The Morgan fingerprint density at radius 1 is 1.17 bits per heavy atom. The van der Waals surface area contributed by atoms with Crippen LogP contribution in [-0.4, -0.2) is 32.9 Å². The first kappa shape index (κ1) is 16.1. The smallest absolute Gasteiger partial charge is 0.162 e. The highest BCUT2D eigenvalue weighted by Crippen LogP contribution is 2.35. The topological polar surface area (TPSA) is 39.7 Å². The third kappa shape index (κ3) is 3.96. The van der Waals surface area contributed by atoms with E-state index in [4.69, 9.17) is 25.8 Å². The van der Waals surface area contributed by atoms with Gasteiger partial charge in [-0.1, -0.05) is 41.9 Å². The van der Waals surface area contributed by atoms with Gasteiger partial charge in [0.25, 0.3) is 0 Å². The number of morpholine rings is 1. The van der Waals surface area contributed by atoms with E-state index in [1.807, 2.05) is 36.4 Å². The lowest BCUT2D eigenvalue weighted by Gasteiger charge is -2.32. The molecule has 4 nitrogen and oxygen atoms in total. The average molecular weight is 334 g/mol. The quantitative estimate of drug-likeness (QED) is 0.909. The summed E-state index contributed by atoms with van der Waals surface area (Å²) in [5, 5.41) is 3.96. The molecule has 122 valence electrons. The van der Waals surface area contributed by atoms with Crippen molar-refractivity contribution in [3.05, 3.63) is 59.1 Å². The number of rotatable bonds is 5. The number of halogens is 1. The van der Waals surface area contributed by atoms with Crippen molar-refractivity contribution < 1.29 is 14.2 Å². The minimum atomic E-state index is -0.223. The molecule has 2 atom stereocenters.